The Morgan fingerprint density at radius 1 is 0.327 bits per heavy atom. The molecule has 228 valence electrons. The van der Waals surface area contributed by atoms with Crippen LogP contribution in [0.3, 0.4) is 0 Å². The van der Waals surface area contributed by atoms with Crippen molar-refractivity contribution in [3.05, 3.63) is 164 Å². The second kappa shape index (κ2) is 11.0. The lowest BCUT2D eigenvalue weighted by atomic mass is 9.94. The molecule has 0 unspecified atom stereocenters. The molecule has 10 rings (SSSR count). The van der Waals surface area contributed by atoms with Crippen LogP contribution in [0.25, 0.3) is 99.5 Å². The van der Waals surface area contributed by atoms with Crippen LogP contribution in [0.4, 0.5) is 0 Å². The van der Waals surface area contributed by atoms with E-state index in [9.17, 15) is 0 Å². The van der Waals surface area contributed by atoms with Gasteiger partial charge in [-0.3, -0.25) is 0 Å². The average Bonchev–Trinajstić information content (AvgIpc) is 3.56. The van der Waals surface area contributed by atoms with Gasteiger partial charge in [0.25, 0.3) is 0 Å². The molecule has 10 aromatic rings. The van der Waals surface area contributed by atoms with Gasteiger partial charge in [-0.1, -0.05) is 140 Å². The lowest BCUT2D eigenvalue weighted by Crippen LogP contribution is -2.00. The maximum absolute atomic E-state index is 6.21. The van der Waals surface area contributed by atoms with Crippen LogP contribution in [0, 0.1) is 0 Å². The van der Waals surface area contributed by atoms with E-state index in [0.717, 1.165) is 44.0 Å². The van der Waals surface area contributed by atoms with Crippen molar-refractivity contribution in [1.82, 2.24) is 15.0 Å². The molecule has 2 heterocycles. The minimum absolute atomic E-state index is 0.610. The molecule has 0 saturated heterocycles. The first-order valence-corrected chi connectivity index (χ1v) is 16.4. The second-order valence-corrected chi connectivity index (χ2v) is 12.4. The number of hydrogen-bond donors (Lipinski definition) is 0. The highest BCUT2D eigenvalue weighted by molar-refractivity contribution is 6.12. The van der Waals surface area contributed by atoms with E-state index in [4.69, 9.17) is 19.4 Å². The Balaban J connectivity index is 1.13. The smallest absolute Gasteiger partial charge is 0.164 e. The van der Waals surface area contributed by atoms with Crippen molar-refractivity contribution in [3.63, 3.8) is 0 Å². The van der Waals surface area contributed by atoms with E-state index in [1.54, 1.807) is 0 Å². The minimum atomic E-state index is 0.610. The Morgan fingerprint density at radius 2 is 0.918 bits per heavy atom. The van der Waals surface area contributed by atoms with E-state index < -0.39 is 0 Å². The topological polar surface area (TPSA) is 51.8 Å². The first kappa shape index (κ1) is 27.5. The van der Waals surface area contributed by atoms with E-state index in [-0.39, 0.29) is 0 Å². The third-order valence-corrected chi connectivity index (χ3v) is 9.51. The summed E-state index contributed by atoms with van der Waals surface area (Å²) < 4.78 is 6.21. The van der Waals surface area contributed by atoms with Crippen LogP contribution >= 0.6 is 0 Å². The predicted molar refractivity (Wildman–Crippen MR) is 201 cm³/mol. The molecule has 0 saturated carbocycles. The van der Waals surface area contributed by atoms with Gasteiger partial charge in [-0.2, -0.15) is 0 Å². The molecule has 0 aliphatic heterocycles. The highest BCUT2D eigenvalue weighted by Gasteiger charge is 2.18. The summed E-state index contributed by atoms with van der Waals surface area (Å²) in [6.07, 6.45) is 0. The maximum atomic E-state index is 6.21. The van der Waals surface area contributed by atoms with Crippen LogP contribution in [0.5, 0.6) is 0 Å². The zero-order chi connectivity index (χ0) is 32.3. The monoisotopic (exact) mass is 625 g/mol. The molecule has 0 bridgehead atoms. The third kappa shape index (κ3) is 4.57. The van der Waals surface area contributed by atoms with E-state index >= 15 is 0 Å². The van der Waals surface area contributed by atoms with E-state index in [1.807, 2.05) is 60.7 Å². The Bertz CT molecular complexity index is 2890. The van der Waals surface area contributed by atoms with E-state index in [2.05, 4.69) is 103 Å². The van der Waals surface area contributed by atoms with Crippen molar-refractivity contribution in [3.8, 4) is 45.3 Å². The van der Waals surface area contributed by atoms with Gasteiger partial charge in [0, 0.05) is 27.5 Å². The largest absolute Gasteiger partial charge is 0.456 e. The predicted octanol–water partition coefficient (Wildman–Crippen LogP) is 11.9. The fourth-order valence-corrected chi connectivity index (χ4v) is 7.16. The summed E-state index contributed by atoms with van der Waals surface area (Å²) in [6, 6.07) is 57.1. The SMILES string of the molecule is c1ccc(-c2nc(-c3ccc4c(-c5ccc6c(ccc7ccccc76)c5)cccc4c3)nc(-c3cccc4oc5ccccc5c34)n2)cc1. The van der Waals surface area contributed by atoms with E-state index in [1.165, 1.54) is 38.1 Å². The van der Waals surface area contributed by atoms with Crippen molar-refractivity contribution < 1.29 is 4.42 Å². The zero-order valence-corrected chi connectivity index (χ0v) is 26.3. The van der Waals surface area contributed by atoms with Crippen molar-refractivity contribution in [1.29, 1.82) is 0 Å². The number of fused-ring (bicyclic) bond motifs is 7. The van der Waals surface area contributed by atoms with Crippen LogP contribution < -0.4 is 0 Å². The Kier molecular flexibility index (Phi) is 6.15. The van der Waals surface area contributed by atoms with Gasteiger partial charge in [0.15, 0.2) is 17.5 Å². The molecule has 0 aliphatic carbocycles. The number of rotatable bonds is 4. The molecule has 49 heavy (non-hydrogen) atoms. The van der Waals surface area contributed by atoms with Crippen LogP contribution in [0.2, 0.25) is 0 Å². The molecule has 0 spiro atoms. The number of hydrogen-bond acceptors (Lipinski definition) is 4. The van der Waals surface area contributed by atoms with Crippen molar-refractivity contribution in [2.24, 2.45) is 0 Å². The van der Waals surface area contributed by atoms with Crippen LogP contribution in [0.15, 0.2) is 168 Å². The highest BCUT2D eigenvalue weighted by Crippen LogP contribution is 2.38. The molecule has 4 nitrogen and oxygen atoms in total. The summed E-state index contributed by atoms with van der Waals surface area (Å²) in [6.45, 7) is 0. The lowest BCUT2D eigenvalue weighted by molar-refractivity contribution is 0.669. The molecular weight excluding hydrogens is 599 g/mol. The Labute approximate surface area is 282 Å². The first-order valence-electron chi connectivity index (χ1n) is 16.4. The normalized spacial score (nSPS) is 11.7. The molecule has 8 aromatic carbocycles. The van der Waals surface area contributed by atoms with Gasteiger partial charge in [0.2, 0.25) is 0 Å². The second-order valence-electron chi connectivity index (χ2n) is 12.4. The van der Waals surface area contributed by atoms with E-state index in [0.29, 0.717) is 17.5 Å². The molecular formula is C45H27N3O. The van der Waals surface area contributed by atoms with Crippen LogP contribution in [0.1, 0.15) is 0 Å². The number of furan rings is 1. The van der Waals surface area contributed by atoms with Gasteiger partial charge in [0.1, 0.15) is 11.2 Å². The van der Waals surface area contributed by atoms with Gasteiger partial charge in [-0.25, -0.2) is 15.0 Å². The fraction of sp³-hybridized carbons (Fsp3) is 0. The molecule has 0 N–H and O–H groups in total. The fourth-order valence-electron chi connectivity index (χ4n) is 7.16. The molecule has 0 atom stereocenters. The summed E-state index contributed by atoms with van der Waals surface area (Å²) in [4.78, 5) is 15.2. The average molecular weight is 626 g/mol. The number of aromatic nitrogens is 3. The highest BCUT2D eigenvalue weighted by atomic mass is 16.3. The molecule has 0 amide bonds. The molecule has 2 aromatic heterocycles. The van der Waals surface area contributed by atoms with Crippen molar-refractivity contribution in [2.45, 2.75) is 0 Å². The summed E-state index contributed by atoms with van der Waals surface area (Å²) in [5.41, 5.74) is 6.81. The van der Waals surface area contributed by atoms with Crippen molar-refractivity contribution >= 4 is 54.3 Å². The van der Waals surface area contributed by atoms with Crippen LogP contribution in [-0.4, -0.2) is 15.0 Å². The summed E-state index contributed by atoms with van der Waals surface area (Å²) in [7, 11) is 0. The summed E-state index contributed by atoms with van der Waals surface area (Å²) >= 11 is 0. The molecule has 0 fully saturated rings. The molecule has 0 radical (unpaired) electrons. The molecule has 0 aliphatic rings. The van der Waals surface area contributed by atoms with Gasteiger partial charge >= 0.3 is 0 Å². The number of para-hydroxylation sites is 1. The Hall–Kier alpha value is -6.65. The maximum Gasteiger partial charge on any atom is 0.164 e. The van der Waals surface area contributed by atoms with Gasteiger partial charge < -0.3 is 4.42 Å². The summed E-state index contributed by atoms with van der Waals surface area (Å²) in [5.74, 6) is 1.86. The number of benzene rings is 8. The summed E-state index contributed by atoms with van der Waals surface area (Å²) in [5, 5.41) is 9.38. The van der Waals surface area contributed by atoms with Crippen molar-refractivity contribution in [2.75, 3.05) is 0 Å². The minimum Gasteiger partial charge on any atom is -0.456 e. The number of nitrogens with zero attached hydrogens (tertiary/aromatic N) is 3. The van der Waals surface area contributed by atoms with Gasteiger partial charge in [-0.05, 0) is 67.7 Å². The quantitative estimate of drug-likeness (QED) is 0.183. The third-order valence-electron chi connectivity index (χ3n) is 9.51. The van der Waals surface area contributed by atoms with Gasteiger partial charge in [-0.15, -0.1) is 0 Å². The molecule has 4 heteroatoms. The standard InChI is InChI=1S/C45H27N3O/c1-2-11-29(12-3-1)43-46-44(48-45(47-43)39-17-9-19-41-42(39)38-15-6-7-18-40(38)49-41)33-23-25-36-30(27-33)13-8-16-35(36)32-22-24-37-31(26-32)21-20-28-10-4-5-14-34(28)37/h1-27H. The van der Waals surface area contributed by atoms with Crippen LogP contribution in [-0.2, 0) is 0 Å². The zero-order valence-electron chi connectivity index (χ0n) is 26.3. The Morgan fingerprint density at radius 3 is 1.84 bits per heavy atom. The first-order chi connectivity index (χ1) is 24.3. The lowest BCUT2D eigenvalue weighted by Gasteiger charge is -2.12. The van der Waals surface area contributed by atoms with Gasteiger partial charge in [0.05, 0.1) is 0 Å².